The number of nitrogens with zero attached hydrogens (tertiary/aromatic N) is 1. The van der Waals surface area contributed by atoms with Crippen LogP contribution in [0.2, 0.25) is 0 Å². The van der Waals surface area contributed by atoms with Crippen molar-refractivity contribution in [1.82, 2.24) is 10.2 Å². The molecule has 1 saturated carbocycles. The first-order chi connectivity index (χ1) is 8.69. The van der Waals surface area contributed by atoms with Crippen molar-refractivity contribution in [3.05, 3.63) is 0 Å². The van der Waals surface area contributed by atoms with Gasteiger partial charge in [-0.2, -0.15) is 0 Å². The van der Waals surface area contributed by atoms with Gasteiger partial charge >= 0.3 is 5.97 Å². The Balaban J connectivity index is 1.58. The number of rotatable bonds is 7. The Morgan fingerprint density at radius 1 is 1.50 bits per heavy atom. The molecule has 1 aliphatic carbocycles. The van der Waals surface area contributed by atoms with Gasteiger partial charge in [0.05, 0.1) is 19.1 Å². The summed E-state index contributed by atoms with van der Waals surface area (Å²) in [6.07, 6.45) is 3.28. The predicted molar refractivity (Wildman–Crippen MR) is 68.3 cm³/mol. The van der Waals surface area contributed by atoms with E-state index >= 15 is 0 Å². The van der Waals surface area contributed by atoms with Gasteiger partial charge in [0, 0.05) is 31.7 Å². The Labute approximate surface area is 108 Å². The Kier molecular flexibility index (Phi) is 4.97. The van der Waals surface area contributed by atoms with Crippen LogP contribution in [-0.2, 0) is 9.53 Å². The summed E-state index contributed by atoms with van der Waals surface area (Å²) >= 11 is 0. The lowest BCUT2D eigenvalue weighted by atomic mass is 10.2. The van der Waals surface area contributed by atoms with Crippen molar-refractivity contribution < 1.29 is 14.6 Å². The first kappa shape index (κ1) is 13.8. The van der Waals surface area contributed by atoms with Gasteiger partial charge in [-0.1, -0.05) is 0 Å². The van der Waals surface area contributed by atoms with Crippen LogP contribution in [0.1, 0.15) is 32.6 Å². The molecule has 0 aromatic rings. The molecule has 0 amide bonds. The highest BCUT2D eigenvalue weighted by Crippen LogP contribution is 2.29. The number of carbonyl (C=O) groups excluding carboxylic acids is 1. The molecule has 2 unspecified atom stereocenters. The number of ether oxygens (including phenoxy) is 1. The van der Waals surface area contributed by atoms with Crippen LogP contribution >= 0.6 is 0 Å². The fraction of sp³-hybridized carbons (Fsp3) is 0.923. The van der Waals surface area contributed by atoms with Gasteiger partial charge in [-0.15, -0.1) is 0 Å². The fourth-order valence-electron chi connectivity index (χ4n) is 2.51. The second-order valence-electron chi connectivity index (χ2n) is 5.28. The average Bonchev–Trinajstić information content (AvgIpc) is 3.06. The van der Waals surface area contributed by atoms with Crippen molar-refractivity contribution in [2.45, 2.75) is 50.8 Å². The summed E-state index contributed by atoms with van der Waals surface area (Å²) in [5.74, 6) is -0.321. The molecule has 5 nitrogen and oxygen atoms in total. The summed E-state index contributed by atoms with van der Waals surface area (Å²) in [6.45, 7) is 4.86. The maximum atomic E-state index is 11.2. The smallest absolute Gasteiger partial charge is 0.308 e. The molecular formula is C13H24N2O3. The van der Waals surface area contributed by atoms with E-state index in [0.29, 0.717) is 19.2 Å². The van der Waals surface area contributed by atoms with Gasteiger partial charge < -0.3 is 15.2 Å². The molecule has 0 bridgehead atoms. The molecule has 0 aromatic heterocycles. The Bertz CT molecular complexity index is 281. The van der Waals surface area contributed by atoms with Crippen molar-refractivity contribution in [2.75, 3.05) is 26.2 Å². The summed E-state index contributed by atoms with van der Waals surface area (Å²) in [4.78, 5) is 13.7. The first-order valence-electron chi connectivity index (χ1n) is 7.00. The van der Waals surface area contributed by atoms with Gasteiger partial charge in [0.25, 0.3) is 0 Å². The molecule has 2 rings (SSSR count). The summed E-state index contributed by atoms with van der Waals surface area (Å²) in [5, 5.41) is 13.1. The number of aliphatic hydroxyl groups is 1. The van der Waals surface area contributed by atoms with Gasteiger partial charge in [0.15, 0.2) is 0 Å². The Morgan fingerprint density at radius 2 is 2.28 bits per heavy atom. The normalized spacial score (nSPS) is 26.2. The SMILES string of the molecule is CCOC(=O)CC(O)CNC1CCN(C2CC2)C1. The van der Waals surface area contributed by atoms with E-state index in [-0.39, 0.29) is 12.4 Å². The van der Waals surface area contributed by atoms with E-state index in [1.165, 1.54) is 12.8 Å². The average molecular weight is 256 g/mol. The van der Waals surface area contributed by atoms with Crippen LogP contribution in [0.5, 0.6) is 0 Å². The fourth-order valence-corrected chi connectivity index (χ4v) is 2.51. The topological polar surface area (TPSA) is 61.8 Å². The first-order valence-corrected chi connectivity index (χ1v) is 7.00. The summed E-state index contributed by atoms with van der Waals surface area (Å²) in [5.41, 5.74) is 0. The monoisotopic (exact) mass is 256 g/mol. The van der Waals surface area contributed by atoms with Crippen LogP contribution in [0.3, 0.4) is 0 Å². The van der Waals surface area contributed by atoms with E-state index < -0.39 is 6.10 Å². The third-order valence-corrected chi connectivity index (χ3v) is 3.63. The van der Waals surface area contributed by atoms with E-state index in [1.54, 1.807) is 6.92 Å². The quantitative estimate of drug-likeness (QED) is 0.634. The highest BCUT2D eigenvalue weighted by molar-refractivity contribution is 5.69. The highest BCUT2D eigenvalue weighted by Gasteiger charge is 2.34. The molecule has 1 aliphatic heterocycles. The van der Waals surface area contributed by atoms with E-state index in [1.807, 2.05) is 0 Å². The molecule has 104 valence electrons. The van der Waals surface area contributed by atoms with Crippen LogP contribution in [0.4, 0.5) is 0 Å². The van der Waals surface area contributed by atoms with Gasteiger partial charge in [0.2, 0.25) is 0 Å². The summed E-state index contributed by atoms with van der Waals surface area (Å²) in [7, 11) is 0. The number of hydrogen-bond donors (Lipinski definition) is 2. The molecular weight excluding hydrogens is 232 g/mol. The number of aliphatic hydroxyl groups excluding tert-OH is 1. The van der Waals surface area contributed by atoms with Gasteiger partial charge in [0.1, 0.15) is 0 Å². The van der Waals surface area contributed by atoms with Gasteiger partial charge in [-0.05, 0) is 26.2 Å². The second kappa shape index (κ2) is 6.50. The molecule has 1 saturated heterocycles. The zero-order chi connectivity index (χ0) is 13.0. The van der Waals surface area contributed by atoms with Crippen molar-refractivity contribution in [2.24, 2.45) is 0 Å². The lowest BCUT2D eigenvalue weighted by Gasteiger charge is -2.17. The third-order valence-electron chi connectivity index (χ3n) is 3.63. The second-order valence-corrected chi connectivity index (χ2v) is 5.28. The van der Waals surface area contributed by atoms with Crippen molar-refractivity contribution in [3.63, 3.8) is 0 Å². The van der Waals surface area contributed by atoms with Crippen LogP contribution in [0, 0.1) is 0 Å². The lowest BCUT2D eigenvalue weighted by molar-refractivity contribution is -0.145. The van der Waals surface area contributed by atoms with E-state index in [4.69, 9.17) is 4.74 Å². The largest absolute Gasteiger partial charge is 0.466 e. The standard InChI is InChI=1S/C13H24N2O3/c1-2-18-13(17)7-12(16)8-14-10-5-6-15(9-10)11-3-4-11/h10-12,14,16H,2-9H2,1H3. The van der Waals surface area contributed by atoms with Crippen LogP contribution < -0.4 is 5.32 Å². The minimum absolute atomic E-state index is 0.0832. The molecule has 2 aliphatic rings. The number of carbonyl (C=O) groups is 1. The number of esters is 1. The maximum absolute atomic E-state index is 11.2. The van der Waals surface area contributed by atoms with Crippen molar-refractivity contribution in [1.29, 1.82) is 0 Å². The van der Waals surface area contributed by atoms with E-state index in [9.17, 15) is 9.90 Å². The zero-order valence-electron chi connectivity index (χ0n) is 11.1. The molecule has 18 heavy (non-hydrogen) atoms. The van der Waals surface area contributed by atoms with Gasteiger partial charge in [-0.3, -0.25) is 9.69 Å². The molecule has 2 N–H and O–H groups in total. The van der Waals surface area contributed by atoms with Gasteiger partial charge in [-0.25, -0.2) is 0 Å². The Morgan fingerprint density at radius 3 is 2.94 bits per heavy atom. The summed E-state index contributed by atoms with van der Waals surface area (Å²) in [6, 6.07) is 1.28. The van der Waals surface area contributed by atoms with Crippen LogP contribution in [0.15, 0.2) is 0 Å². The molecule has 5 heteroatoms. The molecule has 0 radical (unpaired) electrons. The van der Waals surface area contributed by atoms with Crippen LogP contribution in [-0.4, -0.2) is 60.4 Å². The predicted octanol–water partition coefficient (Wildman–Crippen LogP) is 0.127. The minimum Gasteiger partial charge on any atom is -0.466 e. The molecule has 2 atom stereocenters. The lowest BCUT2D eigenvalue weighted by Crippen LogP contribution is -2.38. The van der Waals surface area contributed by atoms with Crippen LogP contribution in [0.25, 0.3) is 0 Å². The maximum Gasteiger partial charge on any atom is 0.308 e. The molecule has 2 fully saturated rings. The van der Waals surface area contributed by atoms with E-state index in [0.717, 1.165) is 25.6 Å². The minimum atomic E-state index is -0.640. The number of nitrogens with one attached hydrogen (secondary N) is 1. The molecule has 0 aromatic carbocycles. The summed E-state index contributed by atoms with van der Waals surface area (Å²) < 4.78 is 4.81. The number of likely N-dealkylation sites (tertiary alicyclic amines) is 1. The van der Waals surface area contributed by atoms with Crippen molar-refractivity contribution >= 4 is 5.97 Å². The van der Waals surface area contributed by atoms with Crippen molar-refractivity contribution in [3.8, 4) is 0 Å². The molecule has 0 spiro atoms. The highest BCUT2D eigenvalue weighted by atomic mass is 16.5. The Hall–Kier alpha value is -0.650. The number of hydrogen-bond acceptors (Lipinski definition) is 5. The molecule has 1 heterocycles. The van der Waals surface area contributed by atoms with E-state index in [2.05, 4.69) is 10.2 Å². The zero-order valence-corrected chi connectivity index (χ0v) is 11.1. The third kappa shape index (κ3) is 4.23.